The third-order valence-electron chi connectivity index (χ3n) is 2.88. The molecule has 2 rings (SSSR count). The second-order valence-corrected chi connectivity index (χ2v) is 4.26. The SMILES string of the molecule is O=C(Cc1ccncc1)CC1CCCCO1. The van der Waals surface area contributed by atoms with Crippen LogP contribution >= 0.6 is 0 Å². The summed E-state index contributed by atoms with van der Waals surface area (Å²) in [5.74, 6) is 0.262. The summed E-state index contributed by atoms with van der Waals surface area (Å²) in [6.07, 6.45) is 8.01. The van der Waals surface area contributed by atoms with Gasteiger partial charge < -0.3 is 4.74 Å². The molecule has 0 amide bonds. The zero-order valence-electron chi connectivity index (χ0n) is 9.39. The molecule has 1 saturated heterocycles. The summed E-state index contributed by atoms with van der Waals surface area (Å²) in [6.45, 7) is 0.813. The highest BCUT2D eigenvalue weighted by Crippen LogP contribution is 2.16. The Hall–Kier alpha value is -1.22. The van der Waals surface area contributed by atoms with Crippen molar-refractivity contribution in [2.45, 2.75) is 38.2 Å². The van der Waals surface area contributed by atoms with Crippen molar-refractivity contribution in [2.24, 2.45) is 0 Å². The minimum Gasteiger partial charge on any atom is -0.378 e. The first-order valence-electron chi connectivity index (χ1n) is 5.87. The first-order valence-corrected chi connectivity index (χ1v) is 5.87. The quantitative estimate of drug-likeness (QED) is 0.779. The fraction of sp³-hybridized carbons (Fsp3) is 0.538. The lowest BCUT2D eigenvalue weighted by atomic mass is 10.0. The molecule has 3 heteroatoms. The molecule has 86 valence electrons. The standard InChI is InChI=1S/C13H17NO2/c15-12(9-11-4-6-14-7-5-11)10-13-3-1-2-8-16-13/h4-7,13H,1-3,8-10H2. The van der Waals surface area contributed by atoms with Crippen LogP contribution in [0.25, 0.3) is 0 Å². The maximum atomic E-state index is 11.8. The van der Waals surface area contributed by atoms with Gasteiger partial charge in [-0.05, 0) is 37.0 Å². The predicted octanol–water partition coefficient (Wildman–Crippen LogP) is 2.15. The smallest absolute Gasteiger partial charge is 0.139 e. The number of aromatic nitrogens is 1. The third kappa shape index (κ3) is 3.42. The highest BCUT2D eigenvalue weighted by molar-refractivity contribution is 5.81. The summed E-state index contributed by atoms with van der Waals surface area (Å²) >= 11 is 0. The molecule has 0 spiro atoms. The largest absolute Gasteiger partial charge is 0.378 e. The van der Waals surface area contributed by atoms with E-state index in [1.54, 1.807) is 12.4 Å². The number of pyridine rings is 1. The first kappa shape index (κ1) is 11.3. The van der Waals surface area contributed by atoms with Crippen LogP contribution < -0.4 is 0 Å². The van der Waals surface area contributed by atoms with E-state index >= 15 is 0 Å². The van der Waals surface area contributed by atoms with E-state index in [2.05, 4.69) is 4.98 Å². The van der Waals surface area contributed by atoms with E-state index in [1.807, 2.05) is 12.1 Å². The third-order valence-corrected chi connectivity index (χ3v) is 2.88. The summed E-state index contributed by atoms with van der Waals surface area (Å²) in [4.78, 5) is 15.7. The van der Waals surface area contributed by atoms with Crippen molar-refractivity contribution < 1.29 is 9.53 Å². The van der Waals surface area contributed by atoms with Gasteiger partial charge >= 0.3 is 0 Å². The van der Waals surface area contributed by atoms with E-state index in [-0.39, 0.29) is 11.9 Å². The maximum Gasteiger partial charge on any atom is 0.139 e. The molecule has 1 aliphatic heterocycles. The Morgan fingerprint density at radius 1 is 1.38 bits per heavy atom. The van der Waals surface area contributed by atoms with Gasteiger partial charge in [0.2, 0.25) is 0 Å². The summed E-state index contributed by atoms with van der Waals surface area (Å²) < 4.78 is 5.55. The molecular weight excluding hydrogens is 202 g/mol. The van der Waals surface area contributed by atoms with Crippen LogP contribution in [0.15, 0.2) is 24.5 Å². The lowest BCUT2D eigenvalue weighted by molar-refractivity contribution is -0.122. The van der Waals surface area contributed by atoms with Gasteiger partial charge in [0.1, 0.15) is 5.78 Å². The van der Waals surface area contributed by atoms with Crippen LogP contribution in [0, 0.1) is 0 Å². The number of Topliss-reactive ketones (excluding diaryl/α,β-unsaturated/α-hetero) is 1. The monoisotopic (exact) mass is 219 g/mol. The number of ether oxygens (including phenoxy) is 1. The van der Waals surface area contributed by atoms with Crippen molar-refractivity contribution >= 4 is 5.78 Å². The van der Waals surface area contributed by atoms with Gasteiger partial charge in [0.05, 0.1) is 6.10 Å². The van der Waals surface area contributed by atoms with Crippen molar-refractivity contribution in [1.82, 2.24) is 4.98 Å². The molecule has 2 heterocycles. The fourth-order valence-electron chi connectivity index (χ4n) is 2.02. The van der Waals surface area contributed by atoms with Crippen molar-refractivity contribution in [3.63, 3.8) is 0 Å². The van der Waals surface area contributed by atoms with Crippen molar-refractivity contribution in [1.29, 1.82) is 0 Å². The summed E-state index contributed by atoms with van der Waals surface area (Å²) in [5.41, 5.74) is 1.04. The van der Waals surface area contributed by atoms with E-state index in [4.69, 9.17) is 4.74 Å². The molecule has 1 unspecified atom stereocenters. The molecule has 0 saturated carbocycles. The molecule has 0 aliphatic carbocycles. The Labute approximate surface area is 95.8 Å². The minimum atomic E-state index is 0.156. The Morgan fingerprint density at radius 2 is 2.19 bits per heavy atom. The van der Waals surface area contributed by atoms with Crippen LogP contribution in [0.3, 0.4) is 0 Å². The number of ketones is 1. The summed E-state index contributed by atoms with van der Waals surface area (Å²) in [6, 6.07) is 3.78. The molecule has 1 atom stereocenters. The van der Waals surface area contributed by atoms with Crippen molar-refractivity contribution in [3.05, 3.63) is 30.1 Å². The molecular formula is C13H17NO2. The minimum absolute atomic E-state index is 0.156. The average Bonchev–Trinajstić information content (AvgIpc) is 2.31. The molecule has 0 radical (unpaired) electrons. The molecule has 1 aromatic rings. The molecule has 16 heavy (non-hydrogen) atoms. The zero-order valence-corrected chi connectivity index (χ0v) is 9.39. The van der Waals surface area contributed by atoms with Crippen LogP contribution in [-0.4, -0.2) is 23.5 Å². The molecule has 0 N–H and O–H groups in total. The van der Waals surface area contributed by atoms with Crippen molar-refractivity contribution in [2.75, 3.05) is 6.61 Å². The number of carbonyl (C=O) groups excluding carboxylic acids is 1. The topological polar surface area (TPSA) is 39.2 Å². The van der Waals surface area contributed by atoms with Crippen LogP contribution in [-0.2, 0) is 16.0 Å². The van der Waals surface area contributed by atoms with E-state index < -0.39 is 0 Å². The zero-order chi connectivity index (χ0) is 11.2. The number of nitrogens with zero attached hydrogens (tertiary/aromatic N) is 1. The second kappa shape index (κ2) is 5.75. The summed E-state index contributed by atoms with van der Waals surface area (Å²) in [7, 11) is 0. The normalized spacial score (nSPS) is 20.6. The number of carbonyl (C=O) groups is 1. The first-order chi connectivity index (χ1) is 7.84. The van der Waals surface area contributed by atoms with E-state index in [0.717, 1.165) is 25.0 Å². The molecule has 3 nitrogen and oxygen atoms in total. The molecule has 1 aromatic heterocycles. The Bertz CT molecular complexity index is 331. The molecule has 0 bridgehead atoms. The van der Waals surface area contributed by atoms with Gasteiger partial charge in [0, 0.05) is 31.8 Å². The van der Waals surface area contributed by atoms with Crippen LogP contribution in [0.1, 0.15) is 31.2 Å². The Kier molecular flexibility index (Phi) is 4.05. The van der Waals surface area contributed by atoms with Gasteiger partial charge in [-0.1, -0.05) is 0 Å². The number of rotatable bonds is 4. The van der Waals surface area contributed by atoms with E-state index in [9.17, 15) is 4.79 Å². The van der Waals surface area contributed by atoms with Gasteiger partial charge in [-0.3, -0.25) is 9.78 Å². The second-order valence-electron chi connectivity index (χ2n) is 4.26. The van der Waals surface area contributed by atoms with Crippen LogP contribution in [0.4, 0.5) is 0 Å². The van der Waals surface area contributed by atoms with Gasteiger partial charge in [0.25, 0.3) is 0 Å². The fourth-order valence-corrected chi connectivity index (χ4v) is 2.02. The van der Waals surface area contributed by atoms with E-state index in [1.165, 1.54) is 6.42 Å². The van der Waals surface area contributed by atoms with Crippen molar-refractivity contribution in [3.8, 4) is 0 Å². The Balaban J connectivity index is 1.80. The van der Waals surface area contributed by atoms with Crippen LogP contribution in [0.5, 0.6) is 0 Å². The highest BCUT2D eigenvalue weighted by Gasteiger charge is 2.17. The maximum absolute atomic E-state index is 11.8. The molecule has 1 aliphatic rings. The average molecular weight is 219 g/mol. The number of hydrogen-bond donors (Lipinski definition) is 0. The van der Waals surface area contributed by atoms with Crippen LogP contribution in [0.2, 0.25) is 0 Å². The van der Waals surface area contributed by atoms with Gasteiger partial charge in [0.15, 0.2) is 0 Å². The molecule has 1 fully saturated rings. The van der Waals surface area contributed by atoms with E-state index in [0.29, 0.717) is 12.8 Å². The lowest BCUT2D eigenvalue weighted by Crippen LogP contribution is -2.23. The van der Waals surface area contributed by atoms with Gasteiger partial charge in [-0.15, -0.1) is 0 Å². The highest BCUT2D eigenvalue weighted by atomic mass is 16.5. The lowest BCUT2D eigenvalue weighted by Gasteiger charge is -2.21. The van der Waals surface area contributed by atoms with Gasteiger partial charge in [-0.25, -0.2) is 0 Å². The Morgan fingerprint density at radius 3 is 2.88 bits per heavy atom. The predicted molar refractivity (Wildman–Crippen MR) is 61.2 cm³/mol. The van der Waals surface area contributed by atoms with Gasteiger partial charge in [-0.2, -0.15) is 0 Å². The summed E-state index contributed by atoms with van der Waals surface area (Å²) in [5, 5.41) is 0. The number of hydrogen-bond acceptors (Lipinski definition) is 3. The molecule has 0 aromatic carbocycles.